The van der Waals surface area contributed by atoms with Gasteiger partial charge in [-0.2, -0.15) is 14.8 Å². The Bertz CT molecular complexity index is 1580. The highest BCUT2D eigenvalue weighted by atomic mass is 16.7. The molecular formula is C29H24N4O8. The number of benzene rings is 3. The molecule has 12 nitrogen and oxygen atoms in total. The summed E-state index contributed by atoms with van der Waals surface area (Å²) in [6.07, 6.45) is -4.17. The van der Waals surface area contributed by atoms with E-state index in [4.69, 9.17) is 24.7 Å². The first-order valence-electron chi connectivity index (χ1n) is 12.5. The van der Waals surface area contributed by atoms with Gasteiger partial charge in [-0.25, -0.2) is 19.2 Å². The number of nitrogen functional groups attached to an aromatic ring is 1. The van der Waals surface area contributed by atoms with Gasteiger partial charge in [0.2, 0.25) is 0 Å². The molecule has 1 aliphatic rings. The summed E-state index contributed by atoms with van der Waals surface area (Å²) in [6, 6.07) is 24.4. The Kier molecular flexibility index (Phi) is 8.11. The molecule has 1 fully saturated rings. The van der Waals surface area contributed by atoms with Gasteiger partial charge < -0.3 is 24.7 Å². The summed E-state index contributed by atoms with van der Waals surface area (Å²) in [7, 11) is 0. The van der Waals surface area contributed by atoms with E-state index in [1.165, 1.54) is 12.1 Å². The fraction of sp³-hybridized carbons (Fsp3) is 0.172. The van der Waals surface area contributed by atoms with Crippen LogP contribution < -0.4 is 11.4 Å². The van der Waals surface area contributed by atoms with Crippen molar-refractivity contribution in [1.82, 2.24) is 14.8 Å². The third-order valence-corrected chi connectivity index (χ3v) is 6.16. The van der Waals surface area contributed by atoms with Crippen molar-refractivity contribution >= 4 is 23.7 Å². The highest BCUT2D eigenvalue weighted by Gasteiger charge is 2.52. The quantitative estimate of drug-likeness (QED) is 0.251. The van der Waals surface area contributed by atoms with Gasteiger partial charge >= 0.3 is 23.6 Å². The number of anilines is 1. The molecule has 2 heterocycles. The van der Waals surface area contributed by atoms with Gasteiger partial charge in [-0.3, -0.25) is 0 Å². The Morgan fingerprint density at radius 2 is 1.24 bits per heavy atom. The molecule has 0 aliphatic carbocycles. The Labute approximate surface area is 233 Å². The van der Waals surface area contributed by atoms with Crippen molar-refractivity contribution in [3.8, 4) is 0 Å². The zero-order chi connectivity index (χ0) is 28.8. The lowest BCUT2D eigenvalue weighted by molar-refractivity contribution is -0.0698. The van der Waals surface area contributed by atoms with E-state index in [1.807, 2.05) is 0 Å². The summed E-state index contributed by atoms with van der Waals surface area (Å²) in [4.78, 5) is 55.3. The normalized spacial score (nSPS) is 19.7. The minimum atomic E-state index is -1.41. The molecule has 0 radical (unpaired) electrons. The SMILES string of the molecule is Nc1cnn([C@@H]2O[C@H](COC(=O)c3ccccc3)[C@@H](OC(=O)c3ccccc3)[C@@H]2OC(=O)c2ccccc2)c(=O)n1. The minimum Gasteiger partial charge on any atom is -0.459 e. The molecule has 0 spiro atoms. The Hall–Kier alpha value is -5.36. The van der Waals surface area contributed by atoms with Gasteiger partial charge in [0.1, 0.15) is 18.5 Å². The van der Waals surface area contributed by atoms with Gasteiger partial charge in [-0.1, -0.05) is 54.6 Å². The van der Waals surface area contributed by atoms with Crippen LogP contribution >= 0.6 is 0 Å². The number of nitrogens with two attached hydrogens (primary N) is 1. The molecule has 208 valence electrons. The highest BCUT2D eigenvalue weighted by molar-refractivity contribution is 5.91. The van der Waals surface area contributed by atoms with Crippen LogP contribution in [-0.2, 0) is 18.9 Å². The number of ether oxygens (including phenoxy) is 4. The third-order valence-electron chi connectivity index (χ3n) is 6.16. The zero-order valence-corrected chi connectivity index (χ0v) is 21.4. The van der Waals surface area contributed by atoms with Gasteiger partial charge in [0.25, 0.3) is 0 Å². The van der Waals surface area contributed by atoms with Crippen molar-refractivity contribution in [2.45, 2.75) is 24.5 Å². The lowest BCUT2D eigenvalue weighted by Crippen LogP contribution is -2.43. The van der Waals surface area contributed by atoms with Crippen molar-refractivity contribution in [3.63, 3.8) is 0 Å². The molecule has 0 unspecified atom stereocenters. The maximum atomic E-state index is 13.1. The molecule has 5 rings (SSSR count). The second kappa shape index (κ2) is 12.2. The van der Waals surface area contributed by atoms with Crippen LogP contribution in [0.3, 0.4) is 0 Å². The summed E-state index contributed by atoms with van der Waals surface area (Å²) in [5.74, 6) is -2.32. The largest absolute Gasteiger partial charge is 0.459 e. The summed E-state index contributed by atoms with van der Waals surface area (Å²) in [6.45, 7) is -0.409. The number of hydrogen-bond acceptors (Lipinski definition) is 11. The van der Waals surface area contributed by atoms with Crippen LogP contribution in [-0.4, -0.2) is 57.6 Å². The van der Waals surface area contributed by atoms with E-state index in [0.29, 0.717) is 0 Å². The Balaban J connectivity index is 1.49. The van der Waals surface area contributed by atoms with Crippen molar-refractivity contribution in [2.75, 3.05) is 12.3 Å². The van der Waals surface area contributed by atoms with E-state index in [-0.39, 0.29) is 22.5 Å². The first kappa shape index (κ1) is 27.2. The molecule has 0 saturated carbocycles. The summed E-state index contributed by atoms with van der Waals surface area (Å²) < 4.78 is 23.9. The van der Waals surface area contributed by atoms with Gasteiger partial charge in [0.05, 0.1) is 22.9 Å². The van der Waals surface area contributed by atoms with E-state index in [0.717, 1.165) is 10.9 Å². The molecular weight excluding hydrogens is 532 g/mol. The molecule has 4 aromatic rings. The number of carbonyl (C=O) groups excluding carboxylic acids is 3. The average molecular weight is 557 g/mol. The van der Waals surface area contributed by atoms with E-state index < -0.39 is 54.7 Å². The van der Waals surface area contributed by atoms with Gasteiger partial charge in [-0.05, 0) is 36.4 Å². The second-order valence-electron chi connectivity index (χ2n) is 8.91. The minimum absolute atomic E-state index is 0.137. The van der Waals surface area contributed by atoms with Crippen LogP contribution in [0.4, 0.5) is 5.82 Å². The number of rotatable bonds is 8. The number of esters is 3. The molecule has 4 atom stereocenters. The second-order valence-corrected chi connectivity index (χ2v) is 8.91. The first-order valence-corrected chi connectivity index (χ1v) is 12.5. The predicted molar refractivity (Wildman–Crippen MR) is 143 cm³/mol. The summed E-state index contributed by atoms with van der Waals surface area (Å²) >= 11 is 0. The van der Waals surface area contributed by atoms with Crippen LogP contribution in [0.2, 0.25) is 0 Å². The Morgan fingerprint density at radius 1 is 0.756 bits per heavy atom. The average Bonchev–Trinajstić information content (AvgIpc) is 3.33. The first-order chi connectivity index (χ1) is 19.9. The smallest absolute Gasteiger partial charge is 0.368 e. The summed E-state index contributed by atoms with van der Waals surface area (Å²) in [5.41, 5.74) is 5.41. The zero-order valence-electron chi connectivity index (χ0n) is 21.4. The van der Waals surface area contributed by atoms with Crippen LogP contribution in [0.25, 0.3) is 0 Å². The van der Waals surface area contributed by atoms with Gasteiger partial charge in [-0.15, -0.1) is 0 Å². The van der Waals surface area contributed by atoms with Crippen molar-refractivity contribution in [1.29, 1.82) is 0 Å². The van der Waals surface area contributed by atoms with Gasteiger partial charge in [0.15, 0.2) is 18.4 Å². The van der Waals surface area contributed by atoms with E-state index in [1.54, 1.807) is 78.9 Å². The predicted octanol–water partition coefficient (Wildman–Crippen LogP) is 2.43. The van der Waals surface area contributed by atoms with E-state index >= 15 is 0 Å². The molecule has 1 aromatic heterocycles. The number of carbonyl (C=O) groups is 3. The van der Waals surface area contributed by atoms with Crippen molar-refractivity contribution in [2.24, 2.45) is 0 Å². The topological polar surface area (TPSA) is 162 Å². The fourth-order valence-corrected chi connectivity index (χ4v) is 4.19. The number of aromatic nitrogens is 3. The van der Waals surface area contributed by atoms with Crippen LogP contribution in [0.1, 0.15) is 37.3 Å². The molecule has 12 heteroatoms. The number of nitrogens with zero attached hydrogens (tertiary/aromatic N) is 3. The molecule has 2 N–H and O–H groups in total. The van der Waals surface area contributed by atoms with Crippen LogP contribution in [0, 0.1) is 0 Å². The number of hydrogen-bond donors (Lipinski definition) is 1. The monoisotopic (exact) mass is 556 g/mol. The summed E-state index contributed by atoms with van der Waals surface area (Å²) in [5, 5.41) is 3.99. The molecule has 41 heavy (non-hydrogen) atoms. The molecule has 1 saturated heterocycles. The van der Waals surface area contributed by atoms with Crippen molar-refractivity contribution in [3.05, 3.63) is 124 Å². The molecule has 1 aliphatic heterocycles. The maximum Gasteiger partial charge on any atom is 0.368 e. The van der Waals surface area contributed by atoms with Crippen molar-refractivity contribution < 1.29 is 33.3 Å². The van der Waals surface area contributed by atoms with E-state index in [9.17, 15) is 19.2 Å². The standard InChI is InChI=1S/C29H24N4O8/c30-22-16-31-33(29(37)32-22)25-24(41-28(36)20-14-8-3-9-15-20)23(40-27(35)19-12-6-2-7-13-19)21(39-25)17-38-26(34)18-10-4-1-5-11-18/h1-16,21,23-25H,17H2,(H2,30,32,37)/t21-,23-,24+,25-/m1/s1. The molecule has 3 aromatic carbocycles. The lowest BCUT2D eigenvalue weighted by atomic mass is 10.1. The Morgan fingerprint density at radius 3 is 1.76 bits per heavy atom. The van der Waals surface area contributed by atoms with Crippen LogP contribution in [0.5, 0.6) is 0 Å². The molecule has 0 amide bonds. The van der Waals surface area contributed by atoms with Gasteiger partial charge in [0, 0.05) is 0 Å². The fourth-order valence-electron chi connectivity index (χ4n) is 4.19. The van der Waals surface area contributed by atoms with Crippen LogP contribution in [0.15, 0.2) is 102 Å². The highest BCUT2D eigenvalue weighted by Crippen LogP contribution is 2.34. The third kappa shape index (κ3) is 6.28. The molecule has 0 bridgehead atoms. The van der Waals surface area contributed by atoms with E-state index in [2.05, 4.69) is 10.1 Å². The maximum absolute atomic E-state index is 13.1. The lowest BCUT2D eigenvalue weighted by Gasteiger charge is -2.24.